The topological polar surface area (TPSA) is 26.3 Å². The Labute approximate surface area is 117 Å². The number of ether oxygens (including phenoxy) is 1. The molecular weight excluding hydrogens is 248 g/mol. The molecule has 0 fully saturated rings. The molecule has 0 aliphatic heterocycles. The maximum absolute atomic E-state index is 10.8. The van der Waals surface area contributed by atoms with E-state index in [9.17, 15) is 4.79 Å². The summed E-state index contributed by atoms with van der Waals surface area (Å²) in [6.45, 7) is 0.541. The molecule has 0 N–H and O–H groups in total. The second-order valence-electron chi connectivity index (χ2n) is 4.66. The summed E-state index contributed by atoms with van der Waals surface area (Å²) in [5.74, 6) is 0.810. The summed E-state index contributed by atoms with van der Waals surface area (Å²) in [6.07, 6.45) is 0.858. The van der Waals surface area contributed by atoms with E-state index < -0.39 is 0 Å². The minimum atomic E-state index is 0.541. The molecule has 3 aromatic carbocycles. The van der Waals surface area contributed by atoms with Gasteiger partial charge >= 0.3 is 0 Å². The van der Waals surface area contributed by atoms with Gasteiger partial charge in [0.2, 0.25) is 0 Å². The van der Waals surface area contributed by atoms with Gasteiger partial charge in [-0.3, -0.25) is 4.79 Å². The summed E-state index contributed by atoms with van der Waals surface area (Å²) in [5.41, 5.74) is 1.81. The highest BCUT2D eigenvalue weighted by molar-refractivity contribution is 5.89. The van der Waals surface area contributed by atoms with Crippen LogP contribution in [0.25, 0.3) is 10.8 Å². The lowest BCUT2D eigenvalue weighted by Gasteiger charge is -2.07. The molecule has 0 bridgehead atoms. The van der Waals surface area contributed by atoms with Crippen LogP contribution in [-0.2, 0) is 6.61 Å². The fourth-order valence-corrected chi connectivity index (χ4v) is 2.15. The van der Waals surface area contributed by atoms with Gasteiger partial charge in [-0.25, -0.2) is 0 Å². The van der Waals surface area contributed by atoms with Crippen LogP contribution in [0.1, 0.15) is 15.9 Å². The first kappa shape index (κ1) is 12.4. The maximum Gasteiger partial charge on any atom is 0.150 e. The zero-order valence-electron chi connectivity index (χ0n) is 11.0. The lowest BCUT2D eigenvalue weighted by Crippen LogP contribution is -1.94. The molecular formula is C18H14O2. The van der Waals surface area contributed by atoms with Crippen molar-refractivity contribution < 1.29 is 9.53 Å². The monoisotopic (exact) mass is 262 g/mol. The first-order valence-electron chi connectivity index (χ1n) is 6.51. The molecule has 20 heavy (non-hydrogen) atoms. The Morgan fingerprint density at radius 2 is 1.65 bits per heavy atom. The van der Waals surface area contributed by atoms with Gasteiger partial charge in [0, 0.05) is 5.56 Å². The molecule has 0 amide bonds. The summed E-state index contributed by atoms with van der Waals surface area (Å²) in [6, 6.07) is 21.6. The van der Waals surface area contributed by atoms with E-state index in [4.69, 9.17) is 4.74 Å². The van der Waals surface area contributed by atoms with Crippen LogP contribution in [0, 0.1) is 0 Å². The third-order valence-electron chi connectivity index (χ3n) is 3.22. The Balaban J connectivity index is 1.83. The normalized spacial score (nSPS) is 10.4. The van der Waals surface area contributed by atoms with Crippen LogP contribution in [0.15, 0.2) is 66.7 Å². The van der Waals surface area contributed by atoms with E-state index in [-0.39, 0.29) is 0 Å². The van der Waals surface area contributed by atoms with Crippen molar-refractivity contribution in [3.63, 3.8) is 0 Å². The van der Waals surface area contributed by atoms with Gasteiger partial charge in [0.25, 0.3) is 0 Å². The predicted octanol–water partition coefficient (Wildman–Crippen LogP) is 4.23. The zero-order chi connectivity index (χ0) is 13.8. The van der Waals surface area contributed by atoms with Gasteiger partial charge in [-0.1, -0.05) is 48.5 Å². The molecule has 0 atom stereocenters. The van der Waals surface area contributed by atoms with Crippen molar-refractivity contribution in [3.05, 3.63) is 77.9 Å². The van der Waals surface area contributed by atoms with E-state index in [1.54, 1.807) is 0 Å². The molecule has 3 rings (SSSR count). The second kappa shape index (κ2) is 5.57. The van der Waals surface area contributed by atoms with E-state index >= 15 is 0 Å². The summed E-state index contributed by atoms with van der Waals surface area (Å²) in [4.78, 5) is 10.8. The van der Waals surface area contributed by atoms with E-state index in [0.717, 1.165) is 28.4 Å². The zero-order valence-corrected chi connectivity index (χ0v) is 11.0. The summed E-state index contributed by atoms with van der Waals surface area (Å²) in [7, 11) is 0. The quantitative estimate of drug-likeness (QED) is 0.658. The van der Waals surface area contributed by atoms with E-state index in [0.29, 0.717) is 12.2 Å². The molecule has 0 unspecified atom stereocenters. The number of carbonyl (C=O) groups excluding carboxylic acids is 1. The molecule has 3 aromatic rings. The molecule has 2 nitrogen and oxygen atoms in total. The molecule has 98 valence electrons. The number of fused-ring (bicyclic) bond motifs is 1. The van der Waals surface area contributed by atoms with Crippen LogP contribution >= 0.6 is 0 Å². The first-order chi connectivity index (χ1) is 9.85. The number of benzene rings is 3. The Hall–Kier alpha value is -2.61. The number of hydrogen-bond donors (Lipinski definition) is 0. The lowest BCUT2D eigenvalue weighted by molar-refractivity contribution is 0.112. The van der Waals surface area contributed by atoms with Crippen molar-refractivity contribution in [1.82, 2.24) is 0 Å². The summed E-state index contributed by atoms with van der Waals surface area (Å²) in [5, 5.41) is 2.11. The van der Waals surface area contributed by atoms with Crippen molar-refractivity contribution in [2.24, 2.45) is 0 Å². The minimum Gasteiger partial charge on any atom is -0.489 e. The molecule has 0 aliphatic rings. The highest BCUT2D eigenvalue weighted by Crippen LogP contribution is 2.22. The number of rotatable bonds is 4. The van der Waals surface area contributed by atoms with Gasteiger partial charge in [-0.05, 0) is 34.5 Å². The van der Waals surface area contributed by atoms with Crippen LogP contribution in [0.3, 0.4) is 0 Å². The fourth-order valence-electron chi connectivity index (χ4n) is 2.15. The average molecular weight is 262 g/mol. The Morgan fingerprint density at radius 3 is 2.45 bits per heavy atom. The van der Waals surface area contributed by atoms with Gasteiger partial charge < -0.3 is 4.74 Å². The first-order valence-corrected chi connectivity index (χ1v) is 6.51. The highest BCUT2D eigenvalue weighted by atomic mass is 16.5. The van der Waals surface area contributed by atoms with Crippen LogP contribution in [0.2, 0.25) is 0 Å². The van der Waals surface area contributed by atoms with E-state index in [1.807, 2.05) is 66.7 Å². The standard InChI is InChI=1S/C18H14O2/c19-12-15-6-7-16-8-9-18(11-17(16)10-15)20-13-14-4-2-1-3-5-14/h1-12H,13H2. The largest absolute Gasteiger partial charge is 0.489 e. The van der Waals surface area contributed by atoms with Gasteiger partial charge in [0.05, 0.1) is 0 Å². The van der Waals surface area contributed by atoms with Crippen molar-refractivity contribution in [2.75, 3.05) is 0 Å². The number of hydrogen-bond acceptors (Lipinski definition) is 2. The maximum atomic E-state index is 10.8. The molecule has 0 spiro atoms. The molecule has 0 aliphatic carbocycles. The fraction of sp³-hybridized carbons (Fsp3) is 0.0556. The Morgan fingerprint density at radius 1 is 0.850 bits per heavy atom. The predicted molar refractivity (Wildman–Crippen MR) is 80.1 cm³/mol. The molecule has 0 saturated heterocycles. The van der Waals surface area contributed by atoms with Gasteiger partial charge in [-0.15, -0.1) is 0 Å². The smallest absolute Gasteiger partial charge is 0.150 e. The van der Waals surface area contributed by atoms with Crippen molar-refractivity contribution in [1.29, 1.82) is 0 Å². The minimum absolute atomic E-state index is 0.541. The van der Waals surface area contributed by atoms with Crippen LogP contribution in [-0.4, -0.2) is 6.29 Å². The third kappa shape index (κ3) is 2.69. The number of carbonyl (C=O) groups is 1. The van der Waals surface area contributed by atoms with Crippen molar-refractivity contribution in [3.8, 4) is 5.75 Å². The highest BCUT2D eigenvalue weighted by Gasteiger charge is 2.00. The lowest BCUT2D eigenvalue weighted by atomic mass is 10.1. The Bertz CT molecular complexity index is 733. The summed E-state index contributed by atoms with van der Waals surface area (Å²) >= 11 is 0. The second-order valence-corrected chi connectivity index (χ2v) is 4.66. The molecule has 0 heterocycles. The third-order valence-corrected chi connectivity index (χ3v) is 3.22. The van der Waals surface area contributed by atoms with Gasteiger partial charge in [0.15, 0.2) is 0 Å². The van der Waals surface area contributed by atoms with Crippen LogP contribution in [0.4, 0.5) is 0 Å². The van der Waals surface area contributed by atoms with Gasteiger partial charge in [0.1, 0.15) is 18.6 Å². The van der Waals surface area contributed by atoms with Crippen molar-refractivity contribution >= 4 is 17.1 Å². The van der Waals surface area contributed by atoms with Crippen molar-refractivity contribution in [2.45, 2.75) is 6.61 Å². The number of aldehydes is 1. The molecule has 0 radical (unpaired) electrons. The average Bonchev–Trinajstić information content (AvgIpc) is 2.53. The summed E-state index contributed by atoms with van der Waals surface area (Å²) < 4.78 is 5.79. The van der Waals surface area contributed by atoms with E-state index in [2.05, 4.69) is 0 Å². The Kier molecular flexibility index (Phi) is 3.46. The van der Waals surface area contributed by atoms with Gasteiger partial charge in [-0.2, -0.15) is 0 Å². The van der Waals surface area contributed by atoms with E-state index in [1.165, 1.54) is 0 Å². The molecule has 0 saturated carbocycles. The molecule has 2 heteroatoms. The van der Waals surface area contributed by atoms with Crippen LogP contribution < -0.4 is 4.74 Å². The van der Waals surface area contributed by atoms with Crippen LogP contribution in [0.5, 0.6) is 5.75 Å². The molecule has 0 aromatic heterocycles. The SMILES string of the molecule is O=Cc1ccc2ccc(OCc3ccccc3)cc2c1.